The summed E-state index contributed by atoms with van der Waals surface area (Å²) in [6, 6.07) is 13.3. The number of imidazole rings is 1. The molecule has 0 aliphatic carbocycles. The molecule has 2 atom stereocenters. The van der Waals surface area contributed by atoms with Gasteiger partial charge in [0.1, 0.15) is 24.6 Å². The lowest BCUT2D eigenvalue weighted by atomic mass is 10.2. The molecule has 29 heavy (non-hydrogen) atoms. The molecule has 0 amide bonds. The van der Waals surface area contributed by atoms with Gasteiger partial charge in [-0.1, -0.05) is 18.2 Å². The number of para-hydroxylation sites is 3. The van der Waals surface area contributed by atoms with Gasteiger partial charge in [0.15, 0.2) is 11.5 Å². The van der Waals surface area contributed by atoms with E-state index in [2.05, 4.69) is 0 Å². The summed E-state index contributed by atoms with van der Waals surface area (Å²) in [5, 5.41) is 10.7. The highest BCUT2D eigenvalue weighted by molar-refractivity contribution is 5.76. The number of hydrogen-bond acceptors (Lipinski definition) is 6. The molecule has 3 aromatic rings. The molecule has 154 valence electrons. The third-order valence-corrected chi connectivity index (χ3v) is 5.10. The average molecular weight is 398 g/mol. The number of aliphatic hydroxyl groups excluding tert-OH is 1. The second kappa shape index (κ2) is 8.71. The van der Waals surface area contributed by atoms with Gasteiger partial charge in [-0.15, -0.1) is 0 Å². The second-order valence-electron chi connectivity index (χ2n) is 7.03. The van der Waals surface area contributed by atoms with E-state index < -0.39 is 6.10 Å². The number of fused-ring (bicyclic) bond motifs is 1. The summed E-state index contributed by atoms with van der Waals surface area (Å²) in [6.07, 6.45) is 1.17. The number of methoxy groups -OCH3 is 2. The molecule has 1 aliphatic rings. The summed E-state index contributed by atoms with van der Waals surface area (Å²) in [7, 11) is 3.15. The number of ether oxygens (including phenoxy) is 4. The Kier molecular flexibility index (Phi) is 5.87. The van der Waals surface area contributed by atoms with Crippen LogP contribution in [0.4, 0.5) is 0 Å². The van der Waals surface area contributed by atoms with Gasteiger partial charge in [0.05, 0.1) is 31.8 Å². The molecule has 0 bridgehead atoms. The number of hydrogen-bond donors (Lipinski definition) is 1. The van der Waals surface area contributed by atoms with Crippen molar-refractivity contribution in [3.8, 4) is 17.2 Å². The monoisotopic (exact) mass is 398 g/mol. The molecule has 2 heterocycles. The molecule has 2 aromatic carbocycles. The summed E-state index contributed by atoms with van der Waals surface area (Å²) in [5.41, 5.74) is 1.88. The highest BCUT2D eigenvalue weighted by Gasteiger charge is 2.25. The van der Waals surface area contributed by atoms with Crippen molar-refractivity contribution in [3.63, 3.8) is 0 Å². The van der Waals surface area contributed by atoms with Crippen LogP contribution < -0.4 is 14.2 Å². The highest BCUT2D eigenvalue weighted by atomic mass is 16.5. The summed E-state index contributed by atoms with van der Waals surface area (Å²) >= 11 is 0. The summed E-state index contributed by atoms with van der Waals surface area (Å²) < 4.78 is 24.5. The lowest BCUT2D eigenvalue weighted by Gasteiger charge is -2.19. The Morgan fingerprint density at radius 1 is 1.14 bits per heavy atom. The van der Waals surface area contributed by atoms with E-state index in [0.717, 1.165) is 36.3 Å². The Morgan fingerprint density at radius 2 is 1.90 bits per heavy atom. The molecule has 1 aromatic heterocycles. The van der Waals surface area contributed by atoms with Crippen LogP contribution in [0.15, 0.2) is 42.5 Å². The van der Waals surface area contributed by atoms with Crippen molar-refractivity contribution < 1.29 is 24.1 Å². The second-order valence-corrected chi connectivity index (χ2v) is 7.03. The number of rotatable bonds is 8. The molecular formula is C22H26N2O5. The highest BCUT2D eigenvalue weighted by Crippen LogP contribution is 2.37. The van der Waals surface area contributed by atoms with E-state index in [4.69, 9.17) is 23.9 Å². The number of nitrogens with zero attached hydrogens (tertiary/aromatic N) is 2. The smallest absolute Gasteiger partial charge is 0.203 e. The molecule has 1 aliphatic heterocycles. The molecule has 4 rings (SSSR count). The molecule has 0 radical (unpaired) electrons. The summed E-state index contributed by atoms with van der Waals surface area (Å²) in [5.74, 6) is 2.46. The maximum atomic E-state index is 10.7. The first-order chi connectivity index (χ1) is 14.2. The van der Waals surface area contributed by atoms with E-state index in [1.807, 2.05) is 34.9 Å². The van der Waals surface area contributed by atoms with E-state index in [9.17, 15) is 5.11 Å². The first-order valence-electron chi connectivity index (χ1n) is 9.80. The number of aliphatic hydroxyl groups is 1. The molecule has 1 fully saturated rings. The molecule has 2 unspecified atom stereocenters. The molecule has 1 saturated heterocycles. The standard InChI is InChI=1S/C22H26N2O5/c1-26-18-9-5-10-19(27-2)21(18)29-14-15(25)13-24-17-8-4-3-7-16(17)23-22(24)20-11-6-12-28-20/h3-5,7-10,15,20,25H,6,11-14H2,1-2H3. The lowest BCUT2D eigenvalue weighted by molar-refractivity contribution is 0.0788. The van der Waals surface area contributed by atoms with Gasteiger partial charge in [0.2, 0.25) is 5.75 Å². The normalized spacial score (nSPS) is 17.4. The van der Waals surface area contributed by atoms with E-state index in [0.29, 0.717) is 23.8 Å². The largest absolute Gasteiger partial charge is 0.493 e. The van der Waals surface area contributed by atoms with Crippen LogP contribution in [0.3, 0.4) is 0 Å². The van der Waals surface area contributed by atoms with Crippen LogP contribution in [-0.4, -0.2) is 48.2 Å². The molecule has 7 heteroatoms. The van der Waals surface area contributed by atoms with Gasteiger partial charge >= 0.3 is 0 Å². The van der Waals surface area contributed by atoms with Gasteiger partial charge < -0.3 is 28.6 Å². The van der Waals surface area contributed by atoms with Crippen LogP contribution in [0, 0.1) is 0 Å². The van der Waals surface area contributed by atoms with E-state index in [1.165, 1.54) is 0 Å². The Bertz CT molecular complexity index is 943. The summed E-state index contributed by atoms with van der Waals surface area (Å²) in [6.45, 7) is 1.19. The predicted molar refractivity (Wildman–Crippen MR) is 109 cm³/mol. The third kappa shape index (κ3) is 4.02. The first kappa shape index (κ1) is 19.5. The van der Waals surface area contributed by atoms with Crippen molar-refractivity contribution in [1.82, 2.24) is 9.55 Å². The van der Waals surface area contributed by atoms with Gasteiger partial charge in [0.25, 0.3) is 0 Å². The Hall–Kier alpha value is -2.77. The molecule has 0 spiro atoms. The molecule has 7 nitrogen and oxygen atoms in total. The van der Waals surface area contributed by atoms with E-state index >= 15 is 0 Å². The van der Waals surface area contributed by atoms with Crippen molar-refractivity contribution >= 4 is 11.0 Å². The van der Waals surface area contributed by atoms with Crippen molar-refractivity contribution in [2.75, 3.05) is 27.4 Å². The SMILES string of the molecule is COc1cccc(OC)c1OCC(O)Cn1c(C2CCCO2)nc2ccccc21. The molecule has 0 saturated carbocycles. The van der Waals surface area contributed by atoms with Gasteiger partial charge in [-0.05, 0) is 37.1 Å². The van der Waals surface area contributed by atoms with Gasteiger partial charge in [-0.2, -0.15) is 0 Å². The van der Waals surface area contributed by atoms with Gasteiger partial charge in [-0.3, -0.25) is 0 Å². The third-order valence-electron chi connectivity index (χ3n) is 5.10. The van der Waals surface area contributed by atoms with Gasteiger partial charge in [0, 0.05) is 6.61 Å². The zero-order valence-electron chi connectivity index (χ0n) is 16.7. The topological polar surface area (TPSA) is 75.0 Å². The predicted octanol–water partition coefficient (Wildman–Crippen LogP) is 3.34. The van der Waals surface area contributed by atoms with Crippen LogP contribution in [0.2, 0.25) is 0 Å². The van der Waals surface area contributed by atoms with Crippen molar-refractivity contribution in [3.05, 3.63) is 48.3 Å². The first-order valence-corrected chi connectivity index (χ1v) is 9.80. The molecular weight excluding hydrogens is 372 g/mol. The van der Waals surface area contributed by atoms with E-state index in [1.54, 1.807) is 26.4 Å². The molecule has 1 N–H and O–H groups in total. The van der Waals surface area contributed by atoms with E-state index in [-0.39, 0.29) is 12.7 Å². The zero-order chi connectivity index (χ0) is 20.2. The minimum atomic E-state index is -0.748. The van der Waals surface area contributed by atoms with Crippen molar-refractivity contribution in [2.45, 2.75) is 31.6 Å². The maximum absolute atomic E-state index is 10.7. The average Bonchev–Trinajstić information content (AvgIpc) is 3.40. The van der Waals surface area contributed by atoms with Crippen LogP contribution in [0.1, 0.15) is 24.8 Å². The quantitative estimate of drug-likeness (QED) is 0.627. The fourth-order valence-electron chi connectivity index (χ4n) is 3.72. The Balaban J connectivity index is 1.54. The Labute approximate surface area is 169 Å². The van der Waals surface area contributed by atoms with Crippen LogP contribution in [0.25, 0.3) is 11.0 Å². The van der Waals surface area contributed by atoms with Crippen LogP contribution in [-0.2, 0) is 11.3 Å². The Morgan fingerprint density at radius 3 is 2.59 bits per heavy atom. The number of benzene rings is 2. The fourth-order valence-corrected chi connectivity index (χ4v) is 3.72. The zero-order valence-corrected chi connectivity index (χ0v) is 16.7. The lowest BCUT2D eigenvalue weighted by Crippen LogP contribution is -2.25. The fraction of sp³-hybridized carbons (Fsp3) is 0.409. The number of aromatic nitrogens is 2. The van der Waals surface area contributed by atoms with Gasteiger partial charge in [-0.25, -0.2) is 4.98 Å². The van der Waals surface area contributed by atoms with Crippen LogP contribution >= 0.6 is 0 Å². The maximum Gasteiger partial charge on any atom is 0.203 e. The minimum Gasteiger partial charge on any atom is -0.493 e. The van der Waals surface area contributed by atoms with Crippen molar-refractivity contribution in [2.24, 2.45) is 0 Å². The van der Waals surface area contributed by atoms with Crippen molar-refractivity contribution in [1.29, 1.82) is 0 Å². The minimum absolute atomic E-state index is 0.0372. The summed E-state index contributed by atoms with van der Waals surface area (Å²) in [4.78, 5) is 4.77. The van der Waals surface area contributed by atoms with Crippen LogP contribution in [0.5, 0.6) is 17.2 Å².